The molecule has 0 atom stereocenters. The minimum absolute atomic E-state index is 0.0544. The van der Waals surface area contributed by atoms with E-state index in [1.807, 2.05) is 61.5 Å². The third-order valence-corrected chi connectivity index (χ3v) is 3.76. The lowest BCUT2D eigenvalue weighted by Crippen LogP contribution is -2.34. The average molecular weight is 355 g/mol. The Morgan fingerprint density at radius 1 is 1.08 bits per heavy atom. The number of para-hydroxylation sites is 1. The van der Waals surface area contributed by atoms with E-state index in [4.69, 9.17) is 14.2 Å². The maximum atomic E-state index is 12.2. The molecule has 5 nitrogen and oxygen atoms in total. The molecule has 2 rings (SSSR count). The van der Waals surface area contributed by atoms with Crippen molar-refractivity contribution in [2.75, 3.05) is 33.9 Å². The van der Waals surface area contributed by atoms with Crippen molar-refractivity contribution in [2.45, 2.75) is 6.92 Å². The molecule has 138 valence electrons. The highest BCUT2D eigenvalue weighted by Crippen LogP contribution is 2.28. The number of hydrogen-bond acceptors (Lipinski definition) is 4. The van der Waals surface area contributed by atoms with Crippen LogP contribution in [-0.4, -0.2) is 44.7 Å². The number of carbonyl (C=O) groups excluding carboxylic acids is 1. The number of ether oxygens (including phenoxy) is 3. The zero-order valence-electron chi connectivity index (χ0n) is 15.5. The number of rotatable bonds is 9. The van der Waals surface area contributed by atoms with Gasteiger partial charge in [0.1, 0.15) is 12.4 Å². The van der Waals surface area contributed by atoms with Gasteiger partial charge in [0, 0.05) is 7.05 Å². The molecular weight excluding hydrogens is 330 g/mol. The van der Waals surface area contributed by atoms with E-state index in [2.05, 4.69) is 0 Å². The molecule has 0 aliphatic heterocycles. The predicted octanol–water partition coefficient (Wildman–Crippen LogP) is 3.64. The van der Waals surface area contributed by atoms with Crippen LogP contribution < -0.4 is 14.2 Å². The smallest absolute Gasteiger partial charge is 0.260 e. The number of nitrogens with zero attached hydrogens (tertiary/aromatic N) is 1. The number of allylic oxidation sites excluding steroid dienone is 1. The largest absolute Gasteiger partial charge is 0.493 e. The summed E-state index contributed by atoms with van der Waals surface area (Å²) in [5.41, 5.74) is 1.01. The first-order valence-corrected chi connectivity index (χ1v) is 8.49. The Bertz CT molecular complexity index is 728. The molecule has 0 aliphatic carbocycles. The Kier molecular flexibility index (Phi) is 7.55. The van der Waals surface area contributed by atoms with Crippen molar-refractivity contribution in [3.63, 3.8) is 0 Å². The summed E-state index contributed by atoms with van der Waals surface area (Å²) in [6, 6.07) is 15.1. The third kappa shape index (κ3) is 5.84. The molecule has 0 fully saturated rings. The lowest BCUT2D eigenvalue weighted by molar-refractivity contribution is -0.132. The van der Waals surface area contributed by atoms with Crippen LogP contribution >= 0.6 is 0 Å². The van der Waals surface area contributed by atoms with Gasteiger partial charge in [-0.3, -0.25) is 4.79 Å². The Balaban J connectivity index is 1.81. The molecule has 26 heavy (non-hydrogen) atoms. The predicted molar refractivity (Wildman–Crippen MR) is 103 cm³/mol. The van der Waals surface area contributed by atoms with E-state index in [0.717, 1.165) is 11.3 Å². The quantitative estimate of drug-likeness (QED) is 0.689. The summed E-state index contributed by atoms with van der Waals surface area (Å²) in [4.78, 5) is 13.8. The highest BCUT2D eigenvalue weighted by atomic mass is 16.5. The van der Waals surface area contributed by atoms with Crippen molar-refractivity contribution < 1.29 is 19.0 Å². The standard InChI is InChI=1S/C21H25NO4/c1-4-8-17-11-12-19(20(15-17)24-3)26-16-21(23)22(2)13-14-25-18-9-6-5-7-10-18/h4-12,15H,13-14,16H2,1-3H3/b8-4+. The second-order valence-corrected chi connectivity index (χ2v) is 5.68. The van der Waals surface area contributed by atoms with Gasteiger partial charge in [-0.1, -0.05) is 36.4 Å². The molecule has 0 radical (unpaired) electrons. The molecule has 0 unspecified atom stereocenters. The zero-order chi connectivity index (χ0) is 18.8. The Morgan fingerprint density at radius 3 is 2.54 bits per heavy atom. The van der Waals surface area contributed by atoms with Crippen LogP contribution in [0.2, 0.25) is 0 Å². The lowest BCUT2D eigenvalue weighted by Gasteiger charge is -2.18. The minimum Gasteiger partial charge on any atom is -0.493 e. The van der Waals surface area contributed by atoms with Crippen molar-refractivity contribution >= 4 is 12.0 Å². The summed E-state index contributed by atoms with van der Waals surface area (Å²) in [6.07, 6.45) is 3.92. The van der Waals surface area contributed by atoms with Gasteiger partial charge < -0.3 is 19.1 Å². The van der Waals surface area contributed by atoms with Crippen LogP contribution in [-0.2, 0) is 4.79 Å². The van der Waals surface area contributed by atoms with Gasteiger partial charge in [-0.25, -0.2) is 0 Å². The molecule has 1 amide bonds. The molecule has 0 heterocycles. The van der Waals surface area contributed by atoms with Crippen LogP contribution in [0.5, 0.6) is 17.2 Å². The van der Waals surface area contributed by atoms with E-state index in [-0.39, 0.29) is 12.5 Å². The van der Waals surface area contributed by atoms with Crippen molar-refractivity contribution in [1.29, 1.82) is 0 Å². The Hall–Kier alpha value is -2.95. The summed E-state index contributed by atoms with van der Waals surface area (Å²) >= 11 is 0. The van der Waals surface area contributed by atoms with Crippen LogP contribution in [0.15, 0.2) is 54.6 Å². The zero-order valence-corrected chi connectivity index (χ0v) is 15.5. The highest BCUT2D eigenvalue weighted by Gasteiger charge is 2.12. The van der Waals surface area contributed by atoms with Crippen molar-refractivity contribution in [3.05, 3.63) is 60.2 Å². The first kappa shape index (κ1) is 19.4. The van der Waals surface area contributed by atoms with Gasteiger partial charge in [0.2, 0.25) is 0 Å². The molecule has 0 saturated carbocycles. The summed E-state index contributed by atoms with van der Waals surface area (Å²) in [5.74, 6) is 1.81. The van der Waals surface area contributed by atoms with E-state index in [1.54, 1.807) is 25.1 Å². The average Bonchev–Trinajstić information content (AvgIpc) is 2.67. The van der Waals surface area contributed by atoms with Gasteiger partial charge in [0.25, 0.3) is 5.91 Å². The molecule has 5 heteroatoms. The number of benzene rings is 2. The normalized spacial score (nSPS) is 10.6. The fourth-order valence-corrected chi connectivity index (χ4v) is 2.29. The maximum absolute atomic E-state index is 12.2. The Morgan fingerprint density at radius 2 is 1.85 bits per heavy atom. The van der Waals surface area contributed by atoms with Gasteiger partial charge in [-0.05, 0) is 36.8 Å². The number of amides is 1. The van der Waals surface area contributed by atoms with E-state index in [1.165, 1.54) is 0 Å². The van der Waals surface area contributed by atoms with Crippen LogP contribution in [0.25, 0.3) is 6.08 Å². The first-order valence-electron chi connectivity index (χ1n) is 8.49. The molecule has 0 N–H and O–H groups in total. The van der Waals surface area contributed by atoms with Gasteiger partial charge in [-0.2, -0.15) is 0 Å². The Labute approximate surface area is 154 Å². The molecular formula is C21H25NO4. The third-order valence-electron chi connectivity index (χ3n) is 3.76. The fraction of sp³-hybridized carbons (Fsp3) is 0.286. The molecule has 0 aromatic heterocycles. The number of carbonyl (C=O) groups is 1. The van der Waals surface area contributed by atoms with Crippen LogP contribution in [0.3, 0.4) is 0 Å². The van der Waals surface area contributed by atoms with Crippen LogP contribution in [0.1, 0.15) is 12.5 Å². The second kappa shape index (κ2) is 10.1. The highest BCUT2D eigenvalue weighted by molar-refractivity contribution is 5.77. The van der Waals surface area contributed by atoms with E-state index in [0.29, 0.717) is 24.7 Å². The van der Waals surface area contributed by atoms with Crippen molar-refractivity contribution in [3.8, 4) is 17.2 Å². The van der Waals surface area contributed by atoms with E-state index < -0.39 is 0 Å². The molecule has 2 aromatic rings. The molecule has 0 saturated heterocycles. The number of likely N-dealkylation sites (N-methyl/N-ethyl adjacent to an activating group) is 1. The lowest BCUT2D eigenvalue weighted by atomic mass is 10.2. The van der Waals surface area contributed by atoms with Crippen molar-refractivity contribution in [2.24, 2.45) is 0 Å². The van der Waals surface area contributed by atoms with E-state index in [9.17, 15) is 4.79 Å². The fourth-order valence-electron chi connectivity index (χ4n) is 2.29. The number of methoxy groups -OCH3 is 1. The van der Waals surface area contributed by atoms with Gasteiger partial charge >= 0.3 is 0 Å². The maximum Gasteiger partial charge on any atom is 0.260 e. The van der Waals surface area contributed by atoms with Crippen LogP contribution in [0, 0.1) is 0 Å². The van der Waals surface area contributed by atoms with Gasteiger partial charge in [-0.15, -0.1) is 0 Å². The minimum atomic E-state index is -0.124. The summed E-state index contributed by atoms with van der Waals surface area (Å²) in [5, 5.41) is 0. The topological polar surface area (TPSA) is 48.0 Å². The molecule has 0 aliphatic rings. The number of hydrogen-bond donors (Lipinski definition) is 0. The summed E-state index contributed by atoms with van der Waals surface area (Å²) in [7, 11) is 3.31. The SMILES string of the molecule is C/C=C/c1ccc(OCC(=O)N(C)CCOc2ccccc2)c(OC)c1. The summed E-state index contributed by atoms with van der Waals surface area (Å²) in [6.45, 7) is 2.80. The van der Waals surface area contributed by atoms with Crippen molar-refractivity contribution in [1.82, 2.24) is 4.90 Å². The van der Waals surface area contributed by atoms with Gasteiger partial charge in [0.05, 0.1) is 13.7 Å². The summed E-state index contributed by atoms with van der Waals surface area (Å²) < 4.78 is 16.6. The monoisotopic (exact) mass is 355 g/mol. The van der Waals surface area contributed by atoms with Gasteiger partial charge in [0.15, 0.2) is 18.1 Å². The van der Waals surface area contributed by atoms with E-state index >= 15 is 0 Å². The second-order valence-electron chi connectivity index (χ2n) is 5.68. The van der Waals surface area contributed by atoms with Crippen LogP contribution in [0.4, 0.5) is 0 Å². The molecule has 0 spiro atoms. The molecule has 2 aromatic carbocycles. The first-order chi connectivity index (χ1) is 12.6. The molecule has 0 bridgehead atoms.